The number of carbonyl (C=O) groups is 2. The fourth-order valence-corrected chi connectivity index (χ4v) is 2.46. The summed E-state index contributed by atoms with van der Waals surface area (Å²) in [5.41, 5.74) is 3.33. The van der Waals surface area contributed by atoms with Crippen LogP contribution in [0.5, 0.6) is 0 Å². The molecular weight excluding hydrogens is 332 g/mol. The Morgan fingerprint density at radius 1 is 1.04 bits per heavy atom. The number of amides is 2. The molecule has 0 bridgehead atoms. The Bertz CT molecular complexity index is 848. The van der Waals surface area contributed by atoms with Crippen LogP contribution in [0.4, 0.5) is 11.4 Å². The van der Waals surface area contributed by atoms with Crippen molar-refractivity contribution in [1.29, 1.82) is 0 Å². The number of fused-ring (bicyclic) bond motifs is 1. The quantitative estimate of drug-likeness (QED) is 0.381. The molecule has 0 unspecified atom stereocenters. The molecule has 9 heteroatoms. The van der Waals surface area contributed by atoms with E-state index in [9.17, 15) is 19.7 Å². The molecule has 0 saturated carbocycles. The van der Waals surface area contributed by atoms with Crippen molar-refractivity contribution >= 4 is 40.5 Å². The number of thiocarbonyl (C=S) groups is 1. The molecule has 8 nitrogen and oxygen atoms in total. The number of nitrogens with one attached hydrogen (secondary N) is 2. The van der Waals surface area contributed by atoms with Crippen LogP contribution >= 0.6 is 12.2 Å². The maximum atomic E-state index is 12.2. The second-order valence-electron chi connectivity index (χ2n) is 4.86. The van der Waals surface area contributed by atoms with Gasteiger partial charge in [0.2, 0.25) is 0 Å². The van der Waals surface area contributed by atoms with Crippen LogP contribution in [0.3, 0.4) is 0 Å². The van der Waals surface area contributed by atoms with Gasteiger partial charge in [-0.2, -0.15) is 5.01 Å². The lowest BCUT2D eigenvalue weighted by Crippen LogP contribution is -2.47. The number of hydrogen-bond donors (Lipinski definition) is 2. The first-order valence-corrected chi connectivity index (χ1v) is 7.18. The van der Waals surface area contributed by atoms with Crippen LogP contribution in [0.25, 0.3) is 0 Å². The van der Waals surface area contributed by atoms with Crippen molar-refractivity contribution in [3.05, 3.63) is 69.8 Å². The molecule has 1 aliphatic rings. The molecule has 3 rings (SSSR count). The first-order chi connectivity index (χ1) is 11.5. The lowest BCUT2D eigenvalue weighted by molar-refractivity contribution is -0.384. The van der Waals surface area contributed by atoms with Gasteiger partial charge in [0.1, 0.15) is 0 Å². The van der Waals surface area contributed by atoms with Gasteiger partial charge in [-0.3, -0.25) is 25.1 Å². The van der Waals surface area contributed by atoms with E-state index < -0.39 is 16.7 Å². The van der Waals surface area contributed by atoms with Crippen LogP contribution in [-0.4, -0.2) is 26.9 Å². The Hall–Kier alpha value is -3.33. The van der Waals surface area contributed by atoms with E-state index in [1.807, 2.05) is 0 Å². The minimum absolute atomic E-state index is 0.0370. The average Bonchev–Trinajstić information content (AvgIpc) is 2.80. The Kier molecular flexibility index (Phi) is 3.92. The predicted octanol–water partition coefficient (Wildman–Crippen LogP) is 2.09. The van der Waals surface area contributed by atoms with E-state index >= 15 is 0 Å². The van der Waals surface area contributed by atoms with Gasteiger partial charge in [-0.1, -0.05) is 18.2 Å². The fraction of sp³-hybridized carbons (Fsp3) is 0. The number of non-ortho nitro benzene ring substituents is 1. The molecule has 0 spiro atoms. The highest BCUT2D eigenvalue weighted by atomic mass is 32.1. The fourth-order valence-electron chi connectivity index (χ4n) is 2.25. The molecule has 1 aliphatic heterocycles. The summed E-state index contributed by atoms with van der Waals surface area (Å²) in [6.45, 7) is 0. The topological polar surface area (TPSA) is 105 Å². The highest BCUT2D eigenvalue weighted by Gasteiger charge is 2.35. The van der Waals surface area contributed by atoms with E-state index in [0.29, 0.717) is 5.69 Å². The van der Waals surface area contributed by atoms with Gasteiger partial charge in [0.25, 0.3) is 17.5 Å². The number of nitro groups is 1. The Morgan fingerprint density at radius 2 is 1.67 bits per heavy atom. The average molecular weight is 342 g/mol. The summed E-state index contributed by atoms with van der Waals surface area (Å²) in [6, 6.07) is 12.1. The van der Waals surface area contributed by atoms with Crippen LogP contribution in [0.15, 0.2) is 48.5 Å². The van der Waals surface area contributed by atoms with Crippen molar-refractivity contribution < 1.29 is 14.5 Å². The van der Waals surface area contributed by atoms with Gasteiger partial charge in [-0.05, 0) is 30.4 Å². The number of rotatable bonds is 3. The normalized spacial score (nSPS) is 12.8. The van der Waals surface area contributed by atoms with Crippen LogP contribution in [-0.2, 0) is 0 Å². The summed E-state index contributed by atoms with van der Waals surface area (Å²) in [4.78, 5) is 34.6. The third kappa shape index (κ3) is 2.79. The molecule has 2 N–H and O–H groups in total. The second-order valence-corrected chi connectivity index (χ2v) is 5.27. The Morgan fingerprint density at radius 3 is 2.25 bits per heavy atom. The number of nitrogens with zero attached hydrogens (tertiary/aromatic N) is 2. The summed E-state index contributed by atoms with van der Waals surface area (Å²) in [5.74, 6) is -1.03. The van der Waals surface area contributed by atoms with Gasteiger partial charge in [0.05, 0.1) is 16.1 Å². The molecule has 2 amide bonds. The Balaban J connectivity index is 1.72. The maximum Gasteiger partial charge on any atom is 0.280 e. The SMILES string of the molecule is O=C1c2ccccc2C(=O)N1NC(=S)Nc1cccc([N+](=O)[O-])c1. The maximum absolute atomic E-state index is 12.2. The lowest BCUT2D eigenvalue weighted by atomic mass is 10.1. The van der Waals surface area contributed by atoms with Gasteiger partial charge in [0.15, 0.2) is 5.11 Å². The van der Waals surface area contributed by atoms with Crippen molar-refractivity contribution in [1.82, 2.24) is 10.4 Å². The molecule has 0 saturated heterocycles. The standard InChI is InChI=1S/C15H10N4O4S/c20-13-11-6-1-2-7-12(11)14(21)18(13)17-15(24)16-9-4-3-5-10(8-9)19(22)23/h1-8H,(H2,16,17,24). The largest absolute Gasteiger partial charge is 0.331 e. The number of imide groups is 1. The van der Waals surface area contributed by atoms with Gasteiger partial charge in [-0.25, -0.2) is 0 Å². The second kappa shape index (κ2) is 6.05. The van der Waals surface area contributed by atoms with Crippen LogP contribution in [0.1, 0.15) is 20.7 Å². The summed E-state index contributed by atoms with van der Waals surface area (Å²) >= 11 is 5.06. The van der Waals surface area contributed by atoms with E-state index in [1.165, 1.54) is 18.2 Å². The van der Waals surface area contributed by atoms with Crippen LogP contribution < -0.4 is 10.7 Å². The molecule has 120 valence electrons. The minimum atomic E-state index is -0.536. The van der Waals surface area contributed by atoms with E-state index in [1.54, 1.807) is 30.3 Å². The third-order valence-electron chi connectivity index (χ3n) is 3.32. The van der Waals surface area contributed by atoms with Gasteiger partial charge in [0, 0.05) is 17.8 Å². The molecule has 2 aromatic rings. The van der Waals surface area contributed by atoms with E-state index in [-0.39, 0.29) is 21.9 Å². The predicted molar refractivity (Wildman–Crippen MR) is 89.4 cm³/mol. The Labute approximate surface area is 141 Å². The molecule has 0 atom stereocenters. The van der Waals surface area contributed by atoms with E-state index in [2.05, 4.69) is 10.7 Å². The molecule has 0 fully saturated rings. The van der Waals surface area contributed by atoms with E-state index in [4.69, 9.17) is 12.2 Å². The molecule has 0 radical (unpaired) electrons. The van der Waals surface area contributed by atoms with Crippen LogP contribution in [0, 0.1) is 10.1 Å². The smallest absolute Gasteiger partial charge is 0.280 e. The van der Waals surface area contributed by atoms with Crippen molar-refractivity contribution in [3.63, 3.8) is 0 Å². The zero-order chi connectivity index (χ0) is 17.3. The summed E-state index contributed by atoms with van der Waals surface area (Å²) in [6.07, 6.45) is 0. The molecule has 0 aliphatic carbocycles. The van der Waals surface area contributed by atoms with Gasteiger partial charge < -0.3 is 5.32 Å². The van der Waals surface area contributed by atoms with Crippen molar-refractivity contribution in [2.45, 2.75) is 0 Å². The zero-order valence-electron chi connectivity index (χ0n) is 12.1. The minimum Gasteiger partial charge on any atom is -0.331 e. The number of anilines is 1. The molecule has 1 heterocycles. The highest BCUT2D eigenvalue weighted by molar-refractivity contribution is 7.80. The van der Waals surface area contributed by atoms with Crippen molar-refractivity contribution in [3.8, 4) is 0 Å². The third-order valence-corrected chi connectivity index (χ3v) is 3.52. The number of hydrazine groups is 1. The summed E-state index contributed by atoms with van der Waals surface area (Å²) < 4.78 is 0. The van der Waals surface area contributed by atoms with Crippen LogP contribution in [0.2, 0.25) is 0 Å². The molecule has 2 aromatic carbocycles. The van der Waals surface area contributed by atoms with Crippen molar-refractivity contribution in [2.75, 3.05) is 5.32 Å². The van der Waals surface area contributed by atoms with Gasteiger partial charge in [-0.15, -0.1) is 0 Å². The molecule has 0 aromatic heterocycles. The van der Waals surface area contributed by atoms with Gasteiger partial charge >= 0.3 is 0 Å². The lowest BCUT2D eigenvalue weighted by Gasteiger charge is -2.17. The monoisotopic (exact) mass is 342 g/mol. The number of carbonyl (C=O) groups excluding carboxylic acids is 2. The first-order valence-electron chi connectivity index (χ1n) is 6.77. The highest BCUT2D eigenvalue weighted by Crippen LogP contribution is 2.21. The zero-order valence-corrected chi connectivity index (χ0v) is 12.9. The first kappa shape index (κ1) is 15.6. The van der Waals surface area contributed by atoms with E-state index in [0.717, 1.165) is 5.01 Å². The summed E-state index contributed by atoms with van der Waals surface area (Å²) in [7, 11) is 0. The summed E-state index contributed by atoms with van der Waals surface area (Å²) in [5, 5.41) is 14.2. The molecule has 24 heavy (non-hydrogen) atoms. The number of hydrogen-bond acceptors (Lipinski definition) is 5. The molecular formula is C15H10N4O4S. The number of nitro benzene ring substituents is 1. The number of benzene rings is 2. The van der Waals surface area contributed by atoms with Crippen molar-refractivity contribution in [2.24, 2.45) is 0 Å².